The molecule has 6 heteroatoms. The van der Waals surface area contributed by atoms with E-state index in [2.05, 4.69) is 31.2 Å². The summed E-state index contributed by atoms with van der Waals surface area (Å²) in [6, 6.07) is 7.63. The Balaban J connectivity index is 1.62. The number of hydrogen-bond donors (Lipinski definition) is 1. The zero-order valence-electron chi connectivity index (χ0n) is 12.3. The van der Waals surface area contributed by atoms with Crippen molar-refractivity contribution in [3.8, 4) is 0 Å². The van der Waals surface area contributed by atoms with E-state index in [1.54, 1.807) is 18.5 Å². The Labute approximate surface area is 137 Å². The van der Waals surface area contributed by atoms with Crippen molar-refractivity contribution in [2.24, 2.45) is 0 Å². The Kier molecular flexibility index (Phi) is 4.38. The molecule has 1 aliphatic rings. The fraction of sp³-hybridized carbons (Fsp3) is 0.312. The van der Waals surface area contributed by atoms with Gasteiger partial charge in [-0.25, -0.2) is 4.98 Å². The van der Waals surface area contributed by atoms with Crippen molar-refractivity contribution in [1.29, 1.82) is 0 Å². The fourth-order valence-electron chi connectivity index (χ4n) is 2.54. The summed E-state index contributed by atoms with van der Waals surface area (Å²) in [7, 11) is 0. The number of amides is 1. The average Bonchev–Trinajstić information content (AvgIpc) is 2.99. The zero-order valence-corrected chi connectivity index (χ0v) is 13.9. The molecule has 0 aromatic carbocycles. The Morgan fingerprint density at radius 1 is 1.41 bits per heavy atom. The summed E-state index contributed by atoms with van der Waals surface area (Å²) in [6.07, 6.45) is 4.35. The highest BCUT2D eigenvalue weighted by atomic mass is 79.9. The van der Waals surface area contributed by atoms with E-state index in [0.29, 0.717) is 12.2 Å². The first-order valence-electron chi connectivity index (χ1n) is 7.22. The Morgan fingerprint density at radius 3 is 3.00 bits per heavy atom. The maximum atomic E-state index is 12.4. The maximum Gasteiger partial charge on any atom is 0.272 e. The SMILES string of the molecule is Cc1cc(NC2CCN(C(=O)c3ccccn3)C2)ncc1Br. The molecule has 0 saturated carbocycles. The number of aromatic nitrogens is 2. The summed E-state index contributed by atoms with van der Waals surface area (Å²) < 4.78 is 0.997. The van der Waals surface area contributed by atoms with E-state index in [4.69, 9.17) is 0 Å². The first kappa shape index (κ1) is 15.0. The van der Waals surface area contributed by atoms with Gasteiger partial charge >= 0.3 is 0 Å². The number of pyridine rings is 2. The van der Waals surface area contributed by atoms with E-state index in [-0.39, 0.29) is 11.9 Å². The van der Waals surface area contributed by atoms with Gasteiger partial charge in [0.2, 0.25) is 0 Å². The molecule has 1 unspecified atom stereocenters. The zero-order chi connectivity index (χ0) is 15.5. The third-order valence-electron chi connectivity index (χ3n) is 3.76. The predicted octanol–water partition coefficient (Wildman–Crippen LogP) is 2.87. The topological polar surface area (TPSA) is 58.1 Å². The van der Waals surface area contributed by atoms with Crippen molar-refractivity contribution in [3.05, 3.63) is 52.4 Å². The lowest BCUT2D eigenvalue weighted by atomic mass is 10.2. The van der Waals surface area contributed by atoms with Crippen molar-refractivity contribution in [2.45, 2.75) is 19.4 Å². The van der Waals surface area contributed by atoms with Gasteiger partial charge in [0, 0.05) is 36.0 Å². The van der Waals surface area contributed by atoms with Crippen LogP contribution in [0.25, 0.3) is 0 Å². The summed E-state index contributed by atoms with van der Waals surface area (Å²) in [5.41, 5.74) is 1.64. The normalized spacial score (nSPS) is 17.5. The van der Waals surface area contributed by atoms with Crippen molar-refractivity contribution < 1.29 is 4.79 Å². The van der Waals surface area contributed by atoms with Crippen molar-refractivity contribution >= 4 is 27.7 Å². The molecule has 1 atom stereocenters. The highest BCUT2D eigenvalue weighted by Crippen LogP contribution is 2.20. The van der Waals surface area contributed by atoms with Crippen LogP contribution in [-0.4, -0.2) is 39.9 Å². The minimum atomic E-state index is -0.00940. The van der Waals surface area contributed by atoms with Crippen LogP contribution in [-0.2, 0) is 0 Å². The van der Waals surface area contributed by atoms with Crippen LogP contribution in [0.4, 0.5) is 5.82 Å². The van der Waals surface area contributed by atoms with Gasteiger partial charge in [0.15, 0.2) is 0 Å². The van der Waals surface area contributed by atoms with Gasteiger partial charge in [-0.15, -0.1) is 0 Å². The molecule has 22 heavy (non-hydrogen) atoms. The summed E-state index contributed by atoms with van der Waals surface area (Å²) in [5.74, 6) is 0.836. The van der Waals surface area contributed by atoms with Crippen molar-refractivity contribution in [1.82, 2.24) is 14.9 Å². The number of rotatable bonds is 3. The lowest BCUT2D eigenvalue weighted by molar-refractivity contribution is 0.0786. The molecule has 0 spiro atoms. The summed E-state index contributed by atoms with van der Waals surface area (Å²) in [5, 5.41) is 3.40. The van der Waals surface area contributed by atoms with E-state index >= 15 is 0 Å². The molecule has 3 heterocycles. The number of likely N-dealkylation sites (tertiary alicyclic amines) is 1. The number of carbonyl (C=O) groups is 1. The third kappa shape index (κ3) is 3.27. The largest absolute Gasteiger partial charge is 0.365 e. The van der Waals surface area contributed by atoms with Crippen molar-refractivity contribution in [2.75, 3.05) is 18.4 Å². The van der Waals surface area contributed by atoms with E-state index in [0.717, 1.165) is 28.8 Å². The molecule has 114 valence electrons. The first-order valence-corrected chi connectivity index (χ1v) is 8.02. The molecule has 1 N–H and O–H groups in total. The fourth-order valence-corrected chi connectivity index (χ4v) is 2.76. The molecule has 3 rings (SSSR count). The molecule has 5 nitrogen and oxygen atoms in total. The van der Waals surface area contributed by atoms with Crippen LogP contribution in [0.15, 0.2) is 41.1 Å². The molecule has 1 fully saturated rings. The molecule has 1 saturated heterocycles. The summed E-state index contributed by atoms with van der Waals surface area (Å²) in [4.78, 5) is 22.7. The standard InChI is InChI=1S/C16H17BrN4O/c1-11-8-15(19-9-13(11)17)20-12-5-7-21(10-12)16(22)14-4-2-3-6-18-14/h2-4,6,8-9,12H,5,7,10H2,1H3,(H,19,20). The summed E-state index contributed by atoms with van der Waals surface area (Å²) >= 11 is 3.45. The number of nitrogens with zero attached hydrogens (tertiary/aromatic N) is 3. The van der Waals surface area contributed by atoms with E-state index in [9.17, 15) is 4.79 Å². The smallest absolute Gasteiger partial charge is 0.272 e. The number of aryl methyl sites for hydroxylation is 1. The van der Waals surface area contributed by atoms with Gasteiger partial charge in [-0.2, -0.15) is 0 Å². The minimum Gasteiger partial charge on any atom is -0.365 e. The Bertz CT molecular complexity index is 677. The van der Waals surface area contributed by atoms with Crippen molar-refractivity contribution in [3.63, 3.8) is 0 Å². The van der Waals surface area contributed by atoms with E-state index in [1.165, 1.54) is 0 Å². The molecule has 0 aliphatic carbocycles. The molecular formula is C16H17BrN4O. The van der Waals surface area contributed by atoms with Gasteiger partial charge < -0.3 is 10.2 Å². The molecule has 2 aromatic heterocycles. The quantitative estimate of drug-likeness (QED) is 0.914. The lowest BCUT2D eigenvalue weighted by Crippen LogP contribution is -2.32. The van der Waals surface area contributed by atoms with Gasteiger partial charge in [-0.05, 0) is 53.0 Å². The molecular weight excluding hydrogens is 344 g/mol. The van der Waals surface area contributed by atoms with Gasteiger partial charge in [-0.1, -0.05) is 6.07 Å². The van der Waals surface area contributed by atoms with Crippen LogP contribution in [0.3, 0.4) is 0 Å². The average molecular weight is 361 g/mol. The van der Waals surface area contributed by atoms with E-state index in [1.807, 2.05) is 30.0 Å². The number of nitrogens with one attached hydrogen (secondary N) is 1. The predicted molar refractivity (Wildman–Crippen MR) is 88.8 cm³/mol. The monoisotopic (exact) mass is 360 g/mol. The highest BCUT2D eigenvalue weighted by Gasteiger charge is 2.27. The van der Waals surface area contributed by atoms with Crippen LogP contribution in [0, 0.1) is 6.92 Å². The number of halogens is 1. The second-order valence-electron chi connectivity index (χ2n) is 5.41. The minimum absolute atomic E-state index is 0.00940. The van der Waals surface area contributed by atoms with Crippen LogP contribution >= 0.6 is 15.9 Å². The van der Waals surface area contributed by atoms with Gasteiger partial charge in [0.25, 0.3) is 5.91 Å². The molecule has 1 aliphatic heterocycles. The third-order valence-corrected chi connectivity index (χ3v) is 4.59. The number of anilines is 1. The van der Waals surface area contributed by atoms with Crippen LogP contribution in [0.5, 0.6) is 0 Å². The van der Waals surface area contributed by atoms with Crippen LogP contribution < -0.4 is 5.32 Å². The second kappa shape index (κ2) is 6.44. The highest BCUT2D eigenvalue weighted by molar-refractivity contribution is 9.10. The first-order chi connectivity index (χ1) is 10.6. The molecule has 2 aromatic rings. The van der Waals surface area contributed by atoms with E-state index < -0.39 is 0 Å². The molecule has 0 radical (unpaired) electrons. The second-order valence-corrected chi connectivity index (χ2v) is 6.27. The van der Waals surface area contributed by atoms with Gasteiger partial charge in [-0.3, -0.25) is 9.78 Å². The van der Waals surface area contributed by atoms with Gasteiger partial charge in [0.05, 0.1) is 0 Å². The lowest BCUT2D eigenvalue weighted by Gasteiger charge is -2.17. The summed E-state index contributed by atoms with van der Waals surface area (Å²) in [6.45, 7) is 3.44. The number of hydrogen-bond acceptors (Lipinski definition) is 4. The maximum absolute atomic E-state index is 12.4. The number of carbonyl (C=O) groups excluding carboxylic acids is 1. The van der Waals surface area contributed by atoms with Gasteiger partial charge in [0.1, 0.15) is 11.5 Å². The van der Waals surface area contributed by atoms with Crippen LogP contribution in [0.2, 0.25) is 0 Å². The van der Waals surface area contributed by atoms with Crippen LogP contribution in [0.1, 0.15) is 22.5 Å². The Morgan fingerprint density at radius 2 is 2.27 bits per heavy atom. The Hall–Kier alpha value is -1.95. The molecule has 0 bridgehead atoms. The molecule has 1 amide bonds.